The first-order valence-electron chi connectivity index (χ1n) is 6.46. The summed E-state index contributed by atoms with van der Waals surface area (Å²) in [6.45, 7) is 1.15. The third-order valence-electron chi connectivity index (χ3n) is 3.17. The Hall–Kier alpha value is -0.180. The summed E-state index contributed by atoms with van der Waals surface area (Å²) in [5.41, 5.74) is 0. The first-order chi connectivity index (χ1) is 8.34. The van der Waals surface area contributed by atoms with Crippen molar-refractivity contribution >= 4 is 23.4 Å². The number of hydrogen-bond donors (Lipinski definition) is 1. The Balaban J connectivity index is 1.56. The third-order valence-corrected chi connectivity index (χ3v) is 4.49. The number of thioether (sulfide) groups is 1. The standard InChI is InChI=1S/C14H20ClNS/c15-12-5-3-8-14(11-12)17-10-4-9-16-13-6-1-2-7-13/h3,5,8,11,13,16H,1-2,4,6-7,9-10H2. The van der Waals surface area contributed by atoms with E-state index >= 15 is 0 Å². The lowest BCUT2D eigenvalue weighted by Crippen LogP contribution is -2.27. The maximum absolute atomic E-state index is 5.95. The van der Waals surface area contributed by atoms with Gasteiger partial charge in [0.15, 0.2) is 0 Å². The van der Waals surface area contributed by atoms with Gasteiger partial charge in [-0.2, -0.15) is 0 Å². The summed E-state index contributed by atoms with van der Waals surface area (Å²) in [4.78, 5) is 1.28. The highest BCUT2D eigenvalue weighted by Gasteiger charge is 2.12. The van der Waals surface area contributed by atoms with Crippen molar-refractivity contribution in [3.63, 3.8) is 0 Å². The Kier molecular flexibility index (Phi) is 5.69. The van der Waals surface area contributed by atoms with Crippen molar-refractivity contribution in [3.05, 3.63) is 29.3 Å². The second-order valence-corrected chi connectivity index (χ2v) is 6.20. The molecule has 0 heterocycles. The minimum Gasteiger partial charge on any atom is -0.314 e. The van der Waals surface area contributed by atoms with Crippen LogP contribution >= 0.6 is 23.4 Å². The molecule has 0 saturated heterocycles. The average Bonchev–Trinajstić information content (AvgIpc) is 2.82. The highest BCUT2D eigenvalue weighted by Crippen LogP contribution is 2.22. The molecule has 94 valence electrons. The van der Waals surface area contributed by atoms with E-state index in [1.807, 2.05) is 30.0 Å². The van der Waals surface area contributed by atoms with E-state index < -0.39 is 0 Å². The molecular formula is C14H20ClNS. The van der Waals surface area contributed by atoms with Crippen LogP contribution in [0.15, 0.2) is 29.2 Å². The summed E-state index contributed by atoms with van der Waals surface area (Å²) in [6, 6.07) is 8.90. The van der Waals surface area contributed by atoms with Crippen LogP contribution in [0.5, 0.6) is 0 Å². The van der Waals surface area contributed by atoms with E-state index in [1.54, 1.807) is 0 Å². The molecule has 1 saturated carbocycles. The molecule has 3 heteroatoms. The highest BCUT2D eigenvalue weighted by molar-refractivity contribution is 7.99. The van der Waals surface area contributed by atoms with Gasteiger partial charge in [-0.15, -0.1) is 11.8 Å². The number of benzene rings is 1. The van der Waals surface area contributed by atoms with Crippen LogP contribution in [0.1, 0.15) is 32.1 Å². The number of hydrogen-bond acceptors (Lipinski definition) is 2. The van der Waals surface area contributed by atoms with Crippen LogP contribution in [0.25, 0.3) is 0 Å². The van der Waals surface area contributed by atoms with Gasteiger partial charge in [-0.3, -0.25) is 0 Å². The monoisotopic (exact) mass is 269 g/mol. The molecule has 1 aromatic rings. The van der Waals surface area contributed by atoms with Gasteiger partial charge in [0.25, 0.3) is 0 Å². The molecule has 1 N–H and O–H groups in total. The number of rotatable bonds is 6. The molecule has 0 amide bonds. The summed E-state index contributed by atoms with van der Waals surface area (Å²) in [5, 5.41) is 4.47. The second-order valence-electron chi connectivity index (χ2n) is 4.59. The van der Waals surface area contributed by atoms with E-state index in [1.165, 1.54) is 42.8 Å². The van der Waals surface area contributed by atoms with Crippen molar-refractivity contribution in [2.24, 2.45) is 0 Å². The zero-order chi connectivity index (χ0) is 11.9. The van der Waals surface area contributed by atoms with Gasteiger partial charge in [-0.1, -0.05) is 30.5 Å². The fraction of sp³-hybridized carbons (Fsp3) is 0.571. The van der Waals surface area contributed by atoms with E-state index in [0.717, 1.165) is 17.6 Å². The Morgan fingerprint density at radius 3 is 2.88 bits per heavy atom. The Bertz CT molecular complexity index is 337. The topological polar surface area (TPSA) is 12.0 Å². The maximum atomic E-state index is 5.95. The van der Waals surface area contributed by atoms with Crippen LogP contribution in [-0.4, -0.2) is 18.3 Å². The van der Waals surface area contributed by atoms with Crippen molar-refractivity contribution < 1.29 is 0 Å². The molecule has 1 aliphatic rings. The quantitative estimate of drug-likeness (QED) is 0.609. The molecule has 0 atom stereocenters. The fourth-order valence-corrected chi connectivity index (χ4v) is 3.42. The molecule has 0 radical (unpaired) electrons. The summed E-state index contributed by atoms with van der Waals surface area (Å²) >= 11 is 7.84. The molecule has 0 spiro atoms. The fourth-order valence-electron chi connectivity index (χ4n) is 2.26. The van der Waals surface area contributed by atoms with Gasteiger partial charge in [0.2, 0.25) is 0 Å². The Morgan fingerprint density at radius 2 is 2.12 bits per heavy atom. The van der Waals surface area contributed by atoms with Gasteiger partial charge in [0.1, 0.15) is 0 Å². The maximum Gasteiger partial charge on any atom is 0.0417 e. The Morgan fingerprint density at radius 1 is 1.29 bits per heavy atom. The largest absolute Gasteiger partial charge is 0.314 e. The predicted octanol–water partition coefficient (Wildman–Crippen LogP) is 4.35. The van der Waals surface area contributed by atoms with Crippen LogP contribution in [0, 0.1) is 0 Å². The van der Waals surface area contributed by atoms with E-state index in [2.05, 4.69) is 11.4 Å². The minimum absolute atomic E-state index is 0.797. The average molecular weight is 270 g/mol. The van der Waals surface area contributed by atoms with Crippen molar-refractivity contribution in [2.75, 3.05) is 12.3 Å². The molecule has 0 aliphatic heterocycles. The molecule has 0 unspecified atom stereocenters. The molecule has 0 bridgehead atoms. The zero-order valence-electron chi connectivity index (χ0n) is 10.1. The normalized spacial score (nSPS) is 16.5. The summed E-state index contributed by atoms with van der Waals surface area (Å²) in [5.74, 6) is 1.17. The SMILES string of the molecule is Clc1cccc(SCCCNC2CCCC2)c1. The van der Waals surface area contributed by atoms with Crippen LogP contribution in [0.4, 0.5) is 0 Å². The van der Waals surface area contributed by atoms with Gasteiger partial charge < -0.3 is 5.32 Å². The Labute approximate surface area is 113 Å². The molecule has 1 nitrogen and oxygen atoms in total. The molecule has 0 aromatic heterocycles. The number of halogens is 1. The molecule has 1 fully saturated rings. The first kappa shape index (κ1) is 13.3. The van der Waals surface area contributed by atoms with Gasteiger partial charge in [0.05, 0.1) is 0 Å². The molecule has 1 aliphatic carbocycles. The highest BCUT2D eigenvalue weighted by atomic mass is 35.5. The smallest absolute Gasteiger partial charge is 0.0417 e. The van der Waals surface area contributed by atoms with Crippen LogP contribution in [0.3, 0.4) is 0 Å². The zero-order valence-corrected chi connectivity index (χ0v) is 11.7. The lowest BCUT2D eigenvalue weighted by molar-refractivity contribution is 0.525. The number of nitrogens with one attached hydrogen (secondary N) is 1. The van der Waals surface area contributed by atoms with E-state index in [-0.39, 0.29) is 0 Å². The van der Waals surface area contributed by atoms with Crippen molar-refractivity contribution in [3.8, 4) is 0 Å². The van der Waals surface area contributed by atoms with E-state index in [0.29, 0.717) is 0 Å². The first-order valence-corrected chi connectivity index (χ1v) is 7.83. The van der Waals surface area contributed by atoms with Crippen molar-refractivity contribution in [1.82, 2.24) is 5.32 Å². The molecular weight excluding hydrogens is 250 g/mol. The van der Waals surface area contributed by atoms with Crippen LogP contribution in [-0.2, 0) is 0 Å². The van der Waals surface area contributed by atoms with E-state index in [9.17, 15) is 0 Å². The lowest BCUT2D eigenvalue weighted by atomic mass is 10.2. The summed E-state index contributed by atoms with van der Waals surface area (Å²) in [6.07, 6.45) is 6.81. The van der Waals surface area contributed by atoms with Gasteiger partial charge >= 0.3 is 0 Å². The molecule has 17 heavy (non-hydrogen) atoms. The third kappa shape index (κ3) is 4.90. The molecule has 1 aromatic carbocycles. The van der Waals surface area contributed by atoms with Crippen LogP contribution in [0.2, 0.25) is 5.02 Å². The van der Waals surface area contributed by atoms with Crippen LogP contribution < -0.4 is 5.32 Å². The van der Waals surface area contributed by atoms with Crippen molar-refractivity contribution in [1.29, 1.82) is 0 Å². The summed E-state index contributed by atoms with van der Waals surface area (Å²) < 4.78 is 0. The lowest BCUT2D eigenvalue weighted by Gasteiger charge is -2.11. The minimum atomic E-state index is 0.797. The molecule has 2 rings (SSSR count). The van der Waals surface area contributed by atoms with Crippen molar-refractivity contribution in [2.45, 2.75) is 43.0 Å². The van der Waals surface area contributed by atoms with Gasteiger partial charge in [-0.05, 0) is 49.8 Å². The van der Waals surface area contributed by atoms with Gasteiger partial charge in [0, 0.05) is 16.0 Å². The van der Waals surface area contributed by atoms with E-state index in [4.69, 9.17) is 11.6 Å². The predicted molar refractivity (Wildman–Crippen MR) is 77.1 cm³/mol. The summed E-state index contributed by atoms with van der Waals surface area (Å²) in [7, 11) is 0. The van der Waals surface area contributed by atoms with Gasteiger partial charge in [-0.25, -0.2) is 0 Å². The second kappa shape index (κ2) is 7.30.